The standard InChI is InChI=1S/C17H23FN2O/c1-4-6-15(19-2)13-9-10-20(11-13)12-14-7-5-8-16(21-3)17(14)18/h5,7-11,15,19H,4,6,12H2,1-3H3. The van der Waals surface area contributed by atoms with E-state index in [1.165, 1.54) is 12.7 Å². The number of hydrogen-bond acceptors (Lipinski definition) is 2. The van der Waals surface area contributed by atoms with Gasteiger partial charge < -0.3 is 14.6 Å². The molecular formula is C17H23FN2O. The number of nitrogens with one attached hydrogen (secondary N) is 1. The van der Waals surface area contributed by atoms with Crippen LogP contribution in [-0.2, 0) is 6.54 Å². The third-order valence-corrected chi connectivity index (χ3v) is 3.72. The van der Waals surface area contributed by atoms with Crippen LogP contribution in [0.3, 0.4) is 0 Å². The van der Waals surface area contributed by atoms with Crippen molar-refractivity contribution in [2.45, 2.75) is 32.4 Å². The minimum atomic E-state index is -0.283. The molecule has 0 spiro atoms. The SMILES string of the molecule is CCCC(NC)c1ccn(Cc2cccc(OC)c2F)c1. The highest BCUT2D eigenvalue weighted by atomic mass is 19.1. The molecule has 1 aromatic carbocycles. The molecule has 1 atom stereocenters. The molecule has 0 radical (unpaired) electrons. The molecule has 0 saturated carbocycles. The fourth-order valence-electron chi connectivity index (χ4n) is 2.56. The minimum absolute atomic E-state index is 0.283. The summed E-state index contributed by atoms with van der Waals surface area (Å²) in [5.41, 5.74) is 1.87. The smallest absolute Gasteiger partial charge is 0.170 e. The first-order valence-corrected chi connectivity index (χ1v) is 7.33. The van der Waals surface area contributed by atoms with Crippen LogP contribution >= 0.6 is 0 Å². The van der Waals surface area contributed by atoms with Crippen LogP contribution < -0.4 is 10.1 Å². The summed E-state index contributed by atoms with van der Waals surface area (Å²) in [6, 6.07) is 7.69. The first-order chi connectivity index (χ1) is 10.2. The van der Waals surface area contributed by atoms with Gasteiger partial charge in [0.15, 0.2) is 11.6 Å². The van der Waals surface area contributed by atoms with Gasteiger partial charge in [-0.2, -0.15) is 0 Å². The summed E-state index contributed by atoms with van der Waals surface area (Å²) in [4.78, 5) is 0. The van der Waals surface area contributed by atoms with Gasteiger partial charge in [-0.15, -0.1) is 0 Å². The van der Waals surface area contributed by atoms with Gasteiger partial charge in [-0.1, -0.05) is 25.5 Å². The van der Waals surface area contributed by atoms with Crippen molar-refractivity contribution in [3.05, 3.63) is 53.6 Å². The zero-order valence-corrected chi connectivity index (χ0v) is 12.9. The Balaban J connectivity index is 2.16. The Labute approximate surface area is 125 Å². The molecule has 0 saturated heterocycles. The van der Waals surface area contributed by atoms with Crippen molar-refractivity contribution >= 4 is 0 Å². The van der Waals surface area contributed by atoms with Crippen molar-refractivity contribution in [1.82, 2.24) is 9.88 Å². The second kappa shape index (κ2) is 7.27. The van der Waals surface area contributed by atoms with Crippen molar-refractivity contribution in [1.29, 1.82) is 0 Å². The quantitative estimate of drug-likeness (QED) is 0.840. The molecule has 114 valence electrons. The molecule has 3 nitrogen and oxygen atoms in total. The summed E-state index contributed by atoms with van der Waals surface area (Å²) in [7, 11) is 3.46. The van der Waals surface area contributed by atoms with Crippen LogP contribution in [0.2, 0.25) is 0 Å². The van der Waals surface area contributed by atoms with Crippen molar-refractivity contribution in [3.63, 3.8) is 0 Å². The largest absolute Gasteiger partial charge is 0.494 e. The highest BCUT2D eigenvalue weighted by molar-refractivity contribution is 5.31. The molecule has 4 heteroatoms. The molecule has 1 unspecified atom stereocenters. The normalized spacial score (nSPS) is 12.4. The lowest BCUT2D eigenvalue weighted by atomic mass is 10.1. The van der Waals surface area contributed by atoms with Crippen LogP contribution in [0.1, 0.15) is 36.9 Å². The maximum Gasteiger partial charge on any atom is 0.170 e. The van der Waals surface area contributed by atoms with E-state index in [0.29, 0.717) is 23.9 Å². The molecule has 0 bridgehead atoms. The van der Waals surface area contributed by atoms with Gasteiger partial charge in [-0.05, 0) is 31.2 Å². The summed E-state index contributed by atoms with van der Waals surface area (Å²) in [6.07, 6.45) is 6.29. The van der Waals surface area contributed by atoms with E-state index in [-0.39, 0.29) is 5.82 Å². The second-order valence-electron chi connectivity index (χ2n) is 5.18. The predicted molar refractivity (Wildman–Crippen MR) is 83.2 cm³/mol. The van der Waals surface area contributed by atoms with Crippen LogP contribution in [0, 0.1) is 5.82 Å². The summed E-state index contributed by atoms with van der Waals surface area (Å²) in [5, 5.41) is 3.32. The minimum Gasteiger partial charge on any atom is -0.494 e. The van der Waals surface area contributed by atoms with Crippen molar-refractivity contribution in [3.8, 4) is 5.75 Å². The zero-order valence-electron chi connectivity index (χ0n) is 12.9. The van der Waals surface area contributed by atoms with Gasteiger partial charge in [0.05, 0.1) is 13.7 Å². The number of ether oxygens (including phenoxy) is 1. The summed E-state index contributed by atoms with van der Waals surface area (Å²) in [6.45, 7) is 2.68. The maximum absolute atomic E-state index is 14.2. The number of nitrogens with zero attached hydrogens (tertiary/aromatic N) is 1. The van der Waals surface area contributed by atoms with Gasteiger partial charge in [-0.25, -0.2) is 4.39 Å². The van der Waals surface area contributed by atoms with E-state index in [1.807, 2.05) is 23.9 Å². The van der Waals surface area contributed by atoms with Crippen LogP contribution in [-0.4, -0.2) is 18.7 Å². The summed E-state index contributed by atoms with van der Waals surface area (Å²) < 4.78 is 21.2. The number of aromatic nitrogens is 1. The monoisotopic (exact) mass is 290 g/mol. The van der Waals surface area contributed by atoms with E-state index in [0.717, 1.165) is 12.8 Å². The van der Waals surface area contributed by atoms with Gasteiger partial charge in [-0.3, -0.25) is 0 Å². The Bertz CT molecular complexity index is 580. The van der Waals surface area contributed by atoms with E-state index < -0.39 is 0 Å². The molecule has 0 aliphatic heterocycles. The Morgan fingerprint density at radius 3 is 2.81 bits per heavy atom. The predicted octanol–water partition coefficient (Wildman–Crippen LogP) is 3.74. The lowest BCUT2D eigenvalue weighted by molar-refractivity contribution is 0.383. The van der Waals surface area contributed by atoms with Crippen molar-refractivity contribution in [2.24, 2.45) is 0 Å². The lowest BCUT2D eigenvalue weighted by Crippen LogP contribution is -2.15. The molecule has 0 amide bonds. The number of methoxy groups -OCH3 is 1. The topological polar surface area (TPSA) is 26.2 Å². The molecule has 2 aromatic rings. The fourth-order valence-corrected chi connectivity index (χ4v) is 2.56. The fraction of sp³-hybridized carbons (Fsp3) is 0.412. The highest BCUT2D eigenvalue weighted by Crippen LogP contribution is 2.22. The lowest BCUT2D eigenvalue weighted by Gasteiger charge is -2.13. The van der Waals surface area contributed by atoms with Gasteiger partial charge in [0.2, 0.25) is 0 Å². The zero-order chi connectivity index (χ0) is 15.2. The first kappa shape index (κ1) is 15.6. The Hall–Kier alpha value is -1.81. The van der Waals surface area contributed by atoms with Gasteiger partial charge >= 0.3 is 0 Å². The van der Waals surface area contributed by atoms with Crippen molar-refractivity contribution in [2.75, 3.05) is 14.2 Å². The van der Waals surface area contributed by atoms with Crippen LogP contribution in [0.15, 0.2) is 36.7 Å². The third kappa shape index (κ3) is 3.64. The van der Waals surface area contributed by atoms with E-state index in [1.54, 1.807) is 12.1 Å². The maximum atomic E-state index is 14.2. The molecule has 1 aromatic heterocycles. The summed E-state index contributed by atoms with van der Waals surface area (Å²) >= 11 is 0. The Morgan fingerprint density at radius 2 is 2.14 bits per heavy atom. The van der Waals surface area contributed by atoms with Crippen molar-refractivity contribution < 1.29 is 9.13 Å². The Kier molecular flexibility index (Phi) is 5.39. The molecule has 0 aliphatic rings. The van der Waals surface area contributed by atoms with Gasteiger partial charge in [0.1, 0.15) is 0 Å². The first-order valence-electron chi connectivity index (χ1n) is 7.33. The molecule has 1 heterocycles. The second-order valence-corrected chi connectivity index (χ2v) is 5.18. The van der Waals surface area contributed by atoms with Crippen LogP contribution in [0.25, 0.3) is 0 Å². The Morgan fingerprint density at radius 1 is 1.33 bits per heavy atom. The number of benzene rings is 1. The third-order valence-electron chi connectivity index (χ3n) is 3.72. The molecule has 0 aliphatic carbocycles. The molecular weight excluding hydrogens is 267 g/mol. The van der Waals surface area contributed by atoms with E-state index >= 15 is 0 Å². The van der Waals surface area contributed by atoms with Gasteiger partial charge in [0, 0.05) is 24.0 Å². The van der Waals surface area contributed by atoms with Crippen LogP contribution in [0.4, 0.5) is 4.39 Å². The van der Waals surface area contributed by atoms with E-state index in [9.17, 15) is 4.39 Å². The number of rotatable bonds is 7. The molecule has 1 N–H and O–H groups in total. The summed E-state index contributed by atoms with van der Waals surface area (Å²) in [5.74, 6) is 0.00735. The highest BCUT2D eigenvalue weighted by Gasteiger charge is 2.12. The number of hydrogen-bond donors (Lipinski definition) is 1. The number of halogens is 1. The molecule has 0 fully saturated rings. The van der Waals surface area contributed by atoms with E-state index in [4.69, 9.17) is 4.74 Å². The van der Waals surface area contributed by atoms with Gasteiger partial charge in [0.25, 0.3) is 0 Å². The molecule has 2 rings (SSSR count). The average Bonchev–Trinajstić information content (AvgIpc) is 2.95. The van der Waals surface area contributed by atoms with E-state index in [2.05, 4.69) is 24.5 Å². The van der Waals surface area contributed by atoms with Crippen LogP contribution in [0.5, 0.6) is 5.75 Å². The molecule has 21 heavy (non-hydrogen) atoms. The average molecular weight is 290 g/mol.